The van der Waals surface area contributed by atoms with Gasteiger partial charge in [-0.15, -0.1) is 0 Å². The summed E-state index contributed by atoms with van der Waals surface area (Å²) in [5.74, 6) is 0.253. The number of thioether (sulfide) groups is 1. The molecule has 0 spiro atoms. The second-order valence-electron chi connectivity index (χ2n) is 6.19. The Morgan fingerprint density at radius 1 is 1.21 bits per heavy atom. The Bertz CT molecular complexity index is 961. The fraction of sp³-hybridized carbons (Fsp3) is 0.227. The Kier molecular flexibility index (Phi) is 6.51. The number of aliphatic imine (C=N–C) groups is 1. The monoisotopic (exact) mass is 391 g/mol. The van der Waals surface area contributed by atoms with Gasteiger partial charge in [-0.2, -0.15) is 5.26 Å². The molecule has 3 rings (SSSR count). The number of ether oxygens (including phenoxy) is 1. The summed E-state index contributed by atoms with van der Waals surface area (Å²) in [5, 5.41) is 13.2. The van der Waals surface area contributed by atoms with E-state index < -0.39 is 6.04 Å². The topological polar surface area (TPSA) is 74.5 Å². The van der Waals surface area contributed by atoms with Crippen molar-refractivity contribution in [2.45, 2.75) is 25.6 Å². The number of rotatable bonds is 5. The predicted molar refractivity (Wildman–Crippen MR) is 112 cm³/mol. The SMILES string of the molecule is CCOC(=O)C1=C(C)NC(SCc2ccccc2C#N)=N[C@@H]1c1ccccc1. The molecular weight excluding hydrogens is 370 g/mol. The molecule has 0 saturated carbocycles. The lowest BCUT2D eigenvalue weighted by molar-refractivity contribution is -0.138. The van der Waals surface area contributed by atoms with E-state index in [0.29, 0.717) is 28.7 Å². The molecule has 1 heterocycles. The third kappa shape index (κ3) is 4.44. The van der Waals surface area contributed by atoms with Crippen molar-refractivity contribution < 1.29 is 9.53 Å². The molecule has 0 fully saturated rings. The zero-order valence-corrected chi connectivity index (χ0v) is 16.6. The summed E-state index contributed by atoms with van der Waals surface area (Å²) < 4.78 is 5.25. The third-order valence-electron chi connectivity index (χ3n) is 4.33. The van der Waals surface area contributed by atoms with Gasteiger partial charge in [0.25, 0.3) is 0 Å². The van der Waals surface area contributed by atoms with Gasteiger partial charge in [0.1, 0.15) is 6.04 Å². The summed E-state index contributed by atoms with van der Waals surface area (Å²) >= 11 is 1.51. The van der Waals surface area contributed by atoms with Gasteiger partial charge in [-0.25, -0.2) is 9.79 Å². The predicted octanol–water partition coefficient (Wildman–Crippen LogP) is 4.33. The van der Waals surface area contributed by atoms with Crippen LogP contribution in [0.2, 0.25) is 0 Å². The van der Waals surface area contributed by atoms with Gasteiger partial charge >= 0.3 is 5.97 Å². The van der Waals surface area contributed by atoms with Gasteiger partial charge in [0.2, 0.25) is 0 Å². The minimum atomic E-state index is -0.421. The average Bonchev–Trinajstić information content (AvgIpc) is 2.72. The Hall–Kier alpha value is -3.04. The van der Waals surface area contributed by atoms with E-state index in [1.807, 2.05) is 61.5 Å². The maximum absolute atomic E-state index is 12.5. The van der Waals surface area contributed by atoms with Crippen LogP contribution in [0.1, 0.15) is 36.6 Å². The molecule has 1 N–H and O–H groups in total. The number of carbonyl (C=O) groups excluding carboxylic acids is 1. The molecule has 6 heteroatoms. The molecule has 2 aromatic carbocycles. The summed E-state index contributed by atoms with van der Waals surface area (Å²) in [6, 6.07) is 19.0. The fourth-order valence-electron chi connectivity index (χ4n) is 2.97. The molecule has 0 amide bonds. The van der Waals surface area contributed by atoms with Crippen LogP contribution in [0.15, 0.2) is 70.9 Å². The second-order valence-corrected chi connectivity index (χ2v) is 7.15. The number of nitrogens with one attached hydrogen (secondary N) is 1. The molecule has 142 valence electrons. The van der Waals surface area contributed by atoms with Crippen molar-refractivity contribution in [3.05, 3.63) is 82.6 Å². The smallest absolute Gasteiger partial charge is 0.338 e. The van der Waals surface area contributed by atoms with Crippen molar-refractivity contribution in [1.29, 1.82) is 5.26 Å². The molecule has 1 atom stereocenters. The molecule has 0 aromatic heterocycles. The minimum Gasteiger partial charge on any atom is -0.463 e. The molecule has 0 bridgehead atoms. The first kappa shape index (κ1) is 19.7. The van der Waals surface area contributed by atoms with Gasteiger partial charge in [0.15, 0.2) is 5.17 Å². The van der Waals surface area contributed by atoms with Crippen molar-refractivity contribution in [2.24, 2.45) is 4.99 Å². The van der Waals surface area contributed by atoms with E-state index >= 15 is 0 Å². The Labute approximate surface area is 169 Å². The summed E-state index contributed by atoms with van der Waals surface area (Å²) in [6.45, 7) is 3.97. The van der Waals surface area contributed by atoms with E-state index in [9.17, 15) is 10.1 Å². The fourth-order valence-corrected chi connectivity index (χ4v) is 3.92. The van der Waals surface area contributed by atoms with E-state index in [4.69, 9.17) is 9.73 Å². The van der Waals surface area contributed by atoms with Gasteiger partial charge in [0, 0.05) is 11.4 Å². The van der Waals surface area contributed by atoms with Crippen LogP contribution in [-0.4, -0.2) is 17.7 Å². The number of amidine groups is 1. The molecule has 0 saturated heterocycles. The molecule has 5 nitrogen and oxygen atoms in total. The highest BCUT2D eigenvalue weighted by Crippen LogP contribution is 2.33. The van der Waals surface area contributed by atoms with E-state index in [1.54, 1.807) is 6.92 Å². The van der Waals surface area contributed by atoms with Crippen LogP contribution in [0.5, 0.6) is 0 Å². The van der Waals surface area contributed by atoms with Crippen LogP contribution in [0.4, 0.5) is 0 Å². The lowest BCUT2D eigenvalue weighted by atomic mass is 9.97. The van der Waals surface area contributed by atoms with Crippen LogP contribution in [0, 0.1) is 11.3 Å². The first-order chi connectivity index (χ1) is 13.6. The van der Waals surface area contributed by atoms with Crippen molar-refractivity contribution in [3.63, 3.8) is 0 Å². The van der Waals surface area contributed by atoms with Crippen LogP contribution in [0.3, 0.4) is 0 Å². The first-order valence-corrected chi connectivity index (χ1v) is 10.0. The number of carbonyl (C=O) groups is 1. The standard InChI is InChI=1S/C22H21N3O2S/c1-3-27-21(26)19-15(2)24-22(25-20(19)16-9-5-4-6-10-16)28-14-18-12-8-7-11-17(18)13-23/h4-12,20H,3,14H2,1-2H3,(H,24,25)/t20-/m1/s1. The largest absolute Gasteiger partial charge is 0.463 e. The van der Waals surface area contributed by atoms with Gasteiger partial charge in [-0.05, 0) is 31.0 Å². The van der Waals surface area contributed by atoms with Gasteiger partial charge in [0.05, 0.1) is 23.8 Å². The van der Waals surface area contributed by atoms with Crippen LogP contribution in [-0.2, 0) is 15.3 Å². The van der Waals surface area contributed by atoms with Gasteiger partial charge in [-0.1, -0.05) is 60.3 Å². The van der Waals surface area contributed by atoms with Crippen molar-refractivity contribution in [2.75, 3.05) is 6.61 Å². The highest BCUT2D eigenvalue weighted by molar-refractivity contribution is 8.13. The zero-order valence-electron chi connectivity index (χ0n) is 15.8. The molecule has 28 heavy (non-hydrogen) atoms. The Morgan fingerprint density at radius 3 is 2.64 bits per heavy atom. The normalized spacial score (nSPS) is 16.0. The maximum atomic E-state index is 12.5. The van der Waals surface area contributed by atoms with Gasteiger partial charge < -0.3 is 10.1 Å². The third-order valence-corrected chi connectivity index (χ3v) is 5.27. The highest BCUT2D eigenvalue weighted by atomic mass is 32.2. The molecule has 2 aromatic rings. The summed E-state index contributed by atoms with van der Waals surface area (Å²) in [7, 11) is 0. The molecule has 0 aliphatic carbocycles. The molecule has 1 aliphatic heterocycles. The maximum Gasteiger partial charge on any atom is 0.338 e. The number of benzene rings is 2. The molecule has 0 unspecified atom stereocenters. The summed E-state index contributed by atoms with van der Waals surface area (Å²) in [5.41, 5.74) is 3.80. The van der Waals surface area contributed by atoms with Crippen molar-refractivity contribution >= 4 is 22.9 Å². The van der Waals surface area contributed by atoms with Crippen LogP contribution in [0.25, 0.3) is 0 Å². The average molecular weight is 391 g/mol. The number of hydrogen-bond donors (Lipinski definition) is 1. The lowest BCUT2D eigenvalue weighted by Gasteiger charge is -2.25. The van der Waals surface area contributed by atoms with Crippen LogP contribution < -0.4 is 5.32 Å². The van der Waals surface area contributed by atoms with E-state index in [-0.39, 0.29) is 5.97 Å². The molecule has 0 radical (unpaired) electrons. The van der Waals surface area contributed by atoms with E-state index in [0.717, 1.165) is 16.8 Å². The van der Waals surface area contributed by atoms with Crippen molar-refractivity contribution in [3.8, 4) is 6.07 Å². The van der Waals surface area contributed by atoms with Crippen molar-refractivity contribution in [1.82, 2.24) is 5.32 Å². The number of nitrogens with zero attached hydrogens (tertiary/aromatic N) is 2. The summed E-state index contributed by atoms with van der Waals surface area (Å²) in [4.78, 5) is 17.3. The lowest BCUT2D eigenvalue weighted by Crippen LogP contribution is -2.30. The number of esters is 1. The number of allylic oxidation sites excluding steroid dienone is 1. The van der Waals surface area contributed by atoms with Crippen LogP contribution >= 0.6 is 11.8 Å². The summed E-state index contributed by atoms with van der Waals surface area (Å²) in [6.07, 6.45) is 0. The Balaban J connectivity index is 1.88. The van der Waals surface area contributed by atoms with E-state index in [1.165, 1.54) is 11.8 Å². The Morgan fingerprint density at radius 2 is 1.93 bits per heavy atom. The van der Waals surface area contributed by atoms with Gasteiger partial charge in [-0.3, -0.25) is 0 Å². The molecule has 1 aliphatic rings. The first-order valence-electron chi connectivity index (χ1n) is 9.02. The highest BCUT2D eigenvalue weighted by Gasteiger charge is 2.30. The minimum absolute atomic E-state index is 0.313. The quantitative estimate of drug-likeness (QED) is 0.768. The zero-order chi connectivity index (χ0) is 19.9. The second kappa shape index (κ2) is 9.25. The molecular formula is C22H21N3O2S. The number of nitriles is 1. The van der Waals surface area contributed by atoms with E-state index in [2.05, 4.69) is 11.4 Å². The number of hydrogen-bond acceptors (Lipinski definition) is 6.